The van der Waals surface area contributed by atoms with Gasteiger partial charge in [0.2, 0.25) is 5.91 Å². The molecule has 0 aliphatic heterocycles. The Bertz CT molecular complexity index is 555. The Balaban J connectivity index is 2.66. The van der Waals surface area contributed by atoms with Gasteiger partial charge >= 0.3 is 11.9 Å². The second-order valence-corrected chi connectivity index (χ2v) is 4.32. The Hall–Kier alpha value is -2.34. The van der Waals surface area contributed by atoms with Gasteiger partial charge in [0.25, 0.3) is 0 Å². The third-order valence-corrected chi connectivity index (χ3v) is 2.50. The first kappa shape index (κ1) is 15.7. The number of aliphatic carboxylic acids is 2. The van der Waals surface area contributed by atoms with Crippen molar-refractivity contribution in [3.05, 3.63) is 40.9 Å². The molecule has 1 aromatic carbocycles. The number of nitrogens with one attached hydrogen (secondary N) is 1. The van der Waals surface area contributed by atoms with E-state index in [0.717, 1.165) is 6.08 Å². The molecule has 1 unspecified atom stereocenters. The zero-order chi connectivity index (χ0) is 15.1. The van der Waals surface area contributed by atoms with Crippen molar-refractivity contribution in [1.29, 1.82) is 0 Å². The van der Waals surface area contributed by atoms with Gasteiger partial charge in [-0.15, -0.1) is 0 Å². The van der Waals surface area contributed by atoms with E-state index in [2.05, 4.69) is 5.32 Å². The molecule has 0 saturated heterocycles. The van der Waals surface area contributed by atoms with Gasteiger partial charge in [0, 0.05) is 11.1 Å². The van der Waals surface area contributed by atoms with Crippen molar-refractivity contribution >= 4 is 35.5 Å². The highest BCUT2D eigenvalue weighted by Gasteiger charge is 2.21. The minimum absolute atomic E-state index is 0.502. The van der Waals surface area contributed by atoms with Crippen LogP contribution in [0, 0.1) is 0 Å². The largest absolute Gasteiger partial charge is 0.481 e. The molecule has 0 heterocycles. The third-order valence-electron chi connectivity index (χ3n) is 2.27. The van der Waals surface area contributed by atoms with Crippen LogP contribution in [0.15, 0.2) is 30.3 Å². The van der Waals surface area contributed by atoms with Crippen LogP contribution in [0.4, 0.5) is 0 Å². The topological polar surface area (TPSA) is 104 Å². The summed E-state index contributed by atoms with van der Waals surface area (Å²) in [5, 5.41) is 19.9. The molecule has 1 rings (SSSR count). The summed E-state index contributed by atoms with van der Waals surface area (Å²) in [7, 11) is 0. The fraction of sp³-hybridized carbons (Fsp3) is 0.154. The molecule has 7 heteroatoms. The standard InChI is InChI=1S/C13H12ClNO5/c14-9-3-1-2-8(6-9)4-5-11(16)15-10(13(19)20)7-12(17)18/h1-6,10H,7H2,(H,15,16)(H,17,18)(H,19,20)/b5-4+. The molecule has 1 aromatic rings. The summed E-state index contributed by atoms with van der Waals surface area (Å²) < 4.78 is 0. The highest BCUT2D eigenvalue weighted by atomic mass is 35.5. The second-order valence-electron chi connectivity index (χ2n) is 3.89. The lowest BCUT2D eigenvalue weighted by molar-refractivity contribution is -0.146. The number of halogens is 1. The second kappa shape index (κ2) is 7.30. The molecule has 0 bridgehead atoms. The van der Waals surface area contributed by atoms with Crippen LogP contribution < -0.4 is 5.32 Å². The maximum absolute atomic E-state index is 11.5. The van der Waals surface area contributed by atoms with Crippen LogP contribution in [0.2, 0.25) is 5.02 Å². The van der Waals surface area contributed by atoms with Crippen LogP contribution in [0.3, 0.4) is 0 Å². The molecule has 6 nitrogen and oxygen atoms in total. The molecule has 0 aromatic heterocycles. The van der Waals surface area contributed by atoms with E-state index in [1.54, 1.807) is 24.3 Å². The number of carboxylic acid groups (broad SMARTS) is 2. The van der Waals surface area contributed by atoms with Crippen molar-refractivity contribution in [2.24, 2.45) is 0 Å². The van der Waals surface area contributed by atoms with Crippen molar-refractivity contribution in [2.75, 3.05) is 0 Å². The van der Waals surface area contributed by atoms with Crippen molar-refractivity contribution in [3.63, 3.8) is 0 Å². The molecule has 0 spiro atoms. The molecular weight excluding hydrogens is 286 g/mol. The fourth-order valence-corrected chi connectivity index (χ4v) is 1.58. The zero-order valence-corrected chi connectivity index (χ0v) is 11.0. The number of carbonyl (C=O) groups is 3. The van der Waals surface area contributed by atoms with Crippen LogP contribution in [-0.2, 0) is 14.4 Å². The summed E-state index contributed by atoms with van der Waals surface area (Å²) in [6.45, 7) is 0. The average Bonchev–Trinajstić information content (AvgIpc) is 2.35. The first-order valence-electron chi connectivity index (χ1n) is 5.57. The summed E-state index contributed by atoms with van der Waals surface area (Å²) in [5.41, 5.74) is 0.665. The highest BCUT2D eigenvalue weighted by molar-refractivity contribution is 6.30. The Morgan fingerprint density at radius 3 is 2.55 bits per heavy atom. The summed E-state index contributed by atoms with van der Waals surface area (Å²) >= 11 is 5.77. The van der Waals surface area contributed by atoms with Crippen LogP contribution in [0.5, 0.6) is 0 Å². The average molecular weight is 298 g/mol. The lowest BCUT2D eigenvalue weighted by Crippen LogP contribution is -2.41. The predicted octanol–water partition coefficient (Wildman–Crippen LogP) is 1.40. The van der Waals surface area contributed by atoms with E-state index in [-0.39, 0.29) is 0 Å². The summed E-state index contributed by atoms with van der Waals surface area (Å²) in [5.74, 6) is -3.41. The Kier molecular flexibility index (Phi) is 5.74. The summed E-state index contributed by atoms with van der Waals surface area (Å²) in [6.07, 6.45) is 1.87. The highest BCUT2D eigenvalue weighted by Crippen LogP contribution is 2.11. The van der Waals surface area contributed by atoms with Gasteiger partial charge in [-0.25, -0.2) is 4.79 Å². The number of amides is 1. The SMILES string of the molecule is O=C(O)CC(NC(=O)/C=C/c1cccc(Cl)c1)C(=O)O. The fourth-order valence-electron chi connectivity index (χ4n) is 1.38. The van der Waals surface area contributed by atoms with E-state index < -0.39 is 30.3 Å². The van der Waals surface area contributed by atoms with E-state index in [9.17, 15) is 14.4 Å². The van der Waals surface area contributed by atoms with Crippen molar-refractivity contribution in [2.45, 2.75) is 12.5 Å². The van der Waals surface area contributed by atoms with Gasteiger partial charge in [-0.05, 0) is 23.8 Å². The number of carboxylic acids is 2. The molecule has 1 amide bonds. The minimum atomic E-state index is -1.47. The van der Waals surface area contributed by atoms with Gasteiger partial charge in [0.1, 0.15) is 6.04 Å². The monoisotopic (exact) mass is 297 g/mol. The predicted molar refractivity (Wildman–Crippen MR) is 72.3 cm³/mol. The smallest absolute Gasteiger partial charge is 0.326 e. The number of benzene rings is 1. The van der Waals surface area contributed by atoms with Crippen LogP contribution >= 0.6 is 11.6 Å². The zero-order valence-electron chi connectivity index (χ0n) is 10.2. The van der Waals surface area contributed by atoms with Gasteiger partial charge in [-0.3, -0.25) is 9.59 Å². The normalized spacial score (nSPS) is 12.1. The Morgan fingerprint density at radius 2 is 2.00 bits per heavy atom. The maximum atomic E-state index is 11.5. The van der Waals surface area contributed by atoms with Crippen LogP contribution in [-0.4, -0.2) is 34.1 Å². The van der Waals surface area contributed by atoms with Gasteiger partial charge in [0.05, 0.1) is 6.42 Å². The van der Waals surface area contributed by atoms with E-state index >= 15 is 0 Å². The lowest BCUT2D eigenvalue weighted by Gasteiger charge is -2.10. The van der Waals surface area contributed by atoms with Gasteiger partial charge in [0.15, 0.2) is 0 Å². The Labute approximate surface area is 119 Å². The van der Waals surface area contributed by atoms with Gasteiger partial charge in [-0.1, -0.05) is 23.7 Å². The van der Waals surface area contributed by atoms with Crippen LogP contribution in [0.1, 0.15) is 12.0 Å². The van der Waals surface area contributed by atoms with Gasteiger partial charge in [-0.2, -0.15) is 0 Å². The number of hydrogen-bond acceptors (Lipinski definition) is 3. The van der Waals surface area contributed by atoms with E-state index in [4.69, 9.17) is 21.8 Å². The van der Waals surface area contributed by atoms with E-state index in [1.165, 1.54) is 6.08 Å². The van der Waals surface area contributed by atoms with Crippen LogP contribution in [0.25, 0.3) is 6.08 Å². The lowest BCUT2D eigenvalue weighted by atomic mass is 10.2. The van der Waals surface area contributed by atoms with Crippen molar-refractivity contribution in [1.82, 2.24) is 5.32 Å². The molecule has 1 atom stereocenters. The molecule has 106 valence electrons. The van der Waals surface area contributed by atoms with Gasteiger partial charge < -0.3 is 15.5 Å². The first-order chi connectivity index (χ1) is 9.38. The number of carbonyl (C=O) groups excluding carboxylic acids is 1. The molecule has 0 fully saturated rings. The maximum Gasteiger partial charge on any atom is 0.326 e. The summed E-state index contributed by atoms with van der Waals surface area (Å²) in [4.78, 5) is 32.7. The first-order valence-corrected chi connectivity index (χ1v) is 5.95. The molecule has 0 saturated carbocycles. The van der Waals surface area contributed by atoms with Crippen molar-refractivity contribution < 1.29 is 24.6 Å². The van der Waals surface area contributed by atoms with Crippen molar-refractivity contribution in [3.8, 4) is 0 Å². The molecule has 0 aliphatic rings. The molecular formula is C13H12ClNO5. The molecule has 0 aliphatic carbocycles. The number of rotatable bonds is 6. The Morgan fingerprint density at radius 1 is 1.30 bits per heavy atom. The summed E-state index contributed by atoms with van der Waals surface area (Å²) in [6, 6.07) is 5.24. The molecule has 3 N–H and O–H groups in total. The third kappa shape index (κ3) is 5.53. The van der Waals surface area contributed by atoms with E-state index in [0.29, 0.717) is 10.6 Å². The minimum Gasteiger partial charge on any atom is -0.481 e. The quantitative estimate of drug-likeness (QED) is 0.689. The number of hydrogen-bond donors (Lipinski definition) is 3. The molecule has 0 radical (unpaired) electrons. The van der Waals surface area contributed by atoms with E-state index in [1.807, 2.05) is 0 Å². The molecule has 20 heavy (non-hydrogen) atoms.